The van der Waals surface area contributed by atoms with E-state index in [2.05, 4.69) is 34.7 Å². The summed E-state index contributed by atoms with van der Waals surface area (Å²) in [6.45, 7) is 4.04. The van der Waals surface area contributed by atoms with E-state index >= 15 is 0 Å². The van der Waals surface area contributed by atoms with Gasteiger partial charge < -0.3 is 10.6 Å². The maximum absolute atomic E-state index is 13.7. The number of halogens is 1. The molecule has 1 atom stereocenters. The molecule has 3 rings (SSSR count). The van der Waals surface area contributed by atoms with E-state index in [0.29, 0.717) is 16.4 Å². The molecule has 1 aromatic heterocycles. The van der Waals surface area contributed by atoms with Gasteiger partial charge in [-0.2, -0.15) is 0 Å². The van der Waals surface area contributed by atoms with Crippen molar-refractivity contribution < 1.29 is 14.0 Å². The number of hydrogen-bond acceptors (Lipinski definition) is 4. The summed E-state index contributed by atoms with van der Waals surface area (Å²) in [5.74, 6) is -0.909. The predicted molar refractivity (Wildman–Crippen MR) is 117 cm³/mol. The lowest BCUT2D eigenvalue weighted by Crippen LogP contribution is -2.28. The Hall–Kier alpha value is -3.06. The van der Waals surface area contributed by atoms with Crippen LogP contribution in [0.4, 0.5) is 9.52 Å². The lowest BCUT2D eigenvalue weighted by molar-refractivity contribution is -0.121. The molecule has 156 valence electrons. The Morgan fingerprint density at radius 1 is 1.07 bits per heavy atom. The Kier molecular flexibility index (Phi) is 7.30. The number of nitrogens with zero attached hydrogens (tertiary/aromatic N) is 1. The number of anilines is 1. The number of thiazole rings is 1. The molecule has 0 bridgehead atoms. The second kappa shape index (κ2) is 10.1. The highest BCUT2D eigenvalue weighted by Gasteiger charge is 2.14. The lowest BCUT2D eigenvalue weighted by atomic mass is 10.0. The molecule has 0 saturated carbocycles. The molecule has 0 spiro atoms. The van der Waals surface area contributed by atoms with Crippen LogP contribution in [0, 0.1) is 5.82 Å². The van der Waals surface area contributed by atoms with Crippen LogP contribution in [-0.2, 0) is 28.9 Å². The third-order valence-corrected chi connectivity index (χ3v) is 5.52. The first-order chi connectivity index (χ1) is 14.4. The zero-order chi connectivity index (χ0) is 21.5. The molecular formula is C23H24FN3O2S. The topological polar surface area (TPSA) is 71.1 Å². The molecule has 3 aromatic rings. The highest BCUT2D eigenvalue weighted by molar-refractivity contribution is 7.13. The third kappa shape index (κ3) is 5.97. The molecule has 0 aliphatic rings. The van der Waals surface area contributed by atoms with Crippen molar-refractivity contribution in [2.75, 3.05) is 5.32 Å². The first-order valence-corrected chi connectivity index (χ1v) is 10.7. The van der Waals surface area contributed by atoms with Crippen LogP contribution in [0.5, 0.6) is 0 Å². The standard InChI is InChI=1S/C23H24FN3O2S/c1-3-16-8-10-17(11-9-16)15(2)25-22(29)13-19-14-30-23(26-19)27-21(28)12-18-6-4-5-7-20(18)24/h4-11,14-15H,3,12-13H2,1-2H3,(H,25,29)(H,26,27,28). The van der Waals surface area contributed by atoms with Gasteiger partial charge in [0.05, 0.1) is 24.6 Å². The number of nitrogens with one attached hydrogen (secondary N) is 2. The summed E-state index contributed by atoms with van der Waals surface area (Å²) in [4.78, 5) is 28.8. The molecule has 1 heterocycles. The molecular weight excluding hydrogens is 401 g/mol. The van der Waals surface area contributed by atoms with Crippen LogP contribution in [0.1, 0.15) is 42.3 Å². The van der Waals surface area contributed by atoms with Crippen molar-refractivity contribution in [3.63, 3.8) is 0 Å². The highest BCUT2D eigenvalue weighted by Crippen LogP contribution is 2.18. The number of carbonyl (C=O) groups is 2. The quantitative estimate of drug-likeness (QED) is 0.560. The minimum atomic E-state index is -0.414. The molecule has 2 amide bonds. The normalized spacial score (nSPS) is 11.7. The Morgan fingerprint density at radius 3 is 2.50 bits per heavy atom. The van der Waals surface area contributed by atoms with Crippen molar-refractivity contribution in [2.24, 2.45) is 0 Å². The van der Waals surface area contributed by atoms with E-state index in [1.165, 1.54) is 23.0 Å². The summed E-state index contributed by atoms with van der Waals surface area (Å²) in [6, 6.07) is 14.2. The number of rotatable bonds is 8. The van der Waals surface area contributed by atoms with Crippen LogP contribution in [-0.4, -0.2) is 16.8 Å². The van der Waals surface area contributed by atoms with Crippen LogP contribution in [0.25, 0.3) is 0 Å². The maximum atomic E-state index is 13.7. The van der Waals surface area contributed by atoms with E-state index in [-0.39, 0.29) is 30.7 Å². The highest BCUT2D eigenvalue weighted by atomic mass is 32.1. The van der Waals surface area contributed by atoms with Crippen molar-refractivity contribution in [3.8, 4) is 0 Å². The molecule has 2 aromatic carbocycles. The van der Waals surface area contributed by atoms with Crippen LogP contribution in [0.15, 0.2) is 53.9 Å². The number of hydrogen-bond donors (Lipinski definition) is 2. The van der Waals surface area contributed by atoms with E-state index in [9.17, 15) is 14.0 Å². The maximum Gasteiger partial charge on any atom is 0.230 e. The number of amides is 2. The molecule has 0 aliphatic heterocycles. The van der Waals surface area contributed by atoms with Gasteiger partial charge in [-0.15, -0.1) is 11.3 Å². The fourth-order valence-electron chi connectivity index (χ4n) is 3.01. The van der Waals surface area contributed by atoms with Crippen LogP contribution < -0.4 is 10.6 Å². The van der Waals surface area contributed by atoms with Crippen molar-refractivity contribution in [2.45, 2.75) is 39.2 Å². The molecule has 2 N–H and O–H groups in total. The Labute approximate surface area is 179 Å². The average molecular weight is 426 g/mol. The zero-order valence-electron chi connectivity index (χ0n) is 16.9. The van der Waals surface area contributed by atoms with E-state index < -0.39 is 5.82 Å². The van der Waals surface area contributed by atoms with E-state index in [0.717, 1.165) is 12.0 Å². The van der Waals surface area contributed by atoms with Crippen molar-refractivity contribution in [1.29, 1.82) is 0 Å². The molecule has 0 saturated heterocycles. The van der Waals surface area contributed by atoms with Gasteiger partial charge in [-0.05, 0) is 36.1 Å². The van der Waals surface area contributed by atoms with Gasteiger partial charge >= 0.3 is 0 Å². The lowest BCUT2D eigenvalue weighted by Gasteiger charge is -2.14. The Bertz CT molecular complexity index is 1020. The Morgan fingerprint density at radius 2 is 1.80 bits per heavy atom. The predicted octanol–water partition coefficient (Wildman–Crippen LogP) is 4.45. The van der Waals surface area contributed by atoms with Gasteiger partial charge in [-0.25, -0.2) is 9.37 Å². The van der Waals surface area contributed by atoms with E-state index in [1.807, 2.05) is 19.1 Å². The first kappa shape index (κ1) is 21.6. The van der Waals surface area contributed by atoms with Gasteiger partial charge in [0.1, 0.15) is 5.82 Å². The summed E-state index contributed by atoms with van der Waals surface area (Å²) in [5.41, 5.74) is 3.20. The average Bonchev–Trinajstić information content (AvgIpc) is 3.16. The van der Waals surface area contributed by atoms with Gasteiger partial charge in [0.15, 0.2) is 5.13 Å². The number of aryl methyl sites for hydroxylation is 1. The molecule has 0 aliphatic carbocycles. The molecule has 5 nitrogen and oxygen atoms in total. The fourth-order valence-corrected chi connectivity index (χ4v) is 3.73. The van der Waals surface area contributed by atoms with Gasteiger partial charge in [-0.3, -0.25) is 9.59 Å². The summed E-state index contributed by atoms with van der Waals surface area (Å²) in [5, 5.41) is 7.75. The van der Waals surface area contributed by atoms with Gasteiger partial charge in [0.25, 0.3) is 0 Å². The van der Waals surface area contributed by atoms with Crippen molar-refractivity contribution in [3.05, 3.63) is 82.1 Å². The van der Waals surface area contributed by atoms with Gasteiger partial charge in [0, 0.05) is 5.38 Å². The molecule has 7 heteroatoms. The number of carbonyl (C=O) groups excluding carboxylic acids is 2. The largest absolute Gasteiger partial charge is 0.349 e. The minimum absolute atomic E-state index is 0.0730. The van der Waals surface area contributed by atoms with Crippen molar-refractivity contribution >= 4 is 28.3 Å². The zero-order valence-corrected chi connectivity index (χ0v) is 17.8. The van der Waals surface area contributed by atoms with Crippen LogP contribution >= 0.6 is 11.3 Å². The van der Waals surface area contributed by atoms with Gasteiger partial charge in [0.2, 0.25) is 11.8 Å². The minimum Gasteiger partial charge on any atom is -0.349 e. The first-order valence-electron chi connectivity index (χ1n) is 9.80. The molecule has 0 fully saturated rings. The molecule has 1 unspecified atom stereocenters. The van der Waals surface area contributed by atoms with Crippen molar-refractivity contribution in [1.82, 2.24) is 10.3 Å². The smallest absolute Gasteiger partial charge is 0.230 e. The summed E-state index contributed by atoms with van der Waals surface area (Å²) in [6.07, 6.45) is 1.03. The second-order valence-electron chi connectivity index (χ2n) is 7.02. The molecule has 30 heavy (non-hydrogen) atoms. The number of benzene rings is 2. The summed E-state index contributed by atoms with van der Waals surface area (Å²) >= 11 is 1.24. The third-order valence-electron chi connectivity index (χ3n) is 4.71. The monoisotopic (exact) mass is 425 g/mol. The Balaban J connectivity index is 1.51. The second-order valence-corrected chi connectivity index (χ2v) is 7.88. The van der Waals surface area contributed by atoms with Gasteiger partial charge in [-0.1, -0.05) is 49.4 Å². The number of aromatic nitrogens is 1. The summed E-state index contributed by atoms with van der Waals surface area (Å²) in [7, 11) is 0. The van der Waals surface area contributed by atoms with Crippen LogP contribution in [0.3, 0.4) is 0 Å². The van der Waals surface area contributed by atoms with E-state index in [4.69, 9.17) is 0 Å². The fraction of sp³-hybridized carbons (Fsp3) is 0.261. The summed E-state index contributed by atoms with van der Waals surface area (Å²) < 4.78 is 13.7. The SMILES string of the molecule is CCc1ccc(C(C)NC(=O)Cc2csc(NC(=O)Cc3ccccc3F)n2)cc1. The van der Waals surface area contributed by atoms with Crippen LogP contribution in [0.2, 0.25) is 0 Å². The molecule has 0 radical (unpaired) electrons. The van der Waals surface area contributed by atoms with E-state index in [1.54, 1.807) is 23.6 Å².